The van der Waals surface area contributed by atoms with Crippen LogP contribution in [0.3, 0.4) is 0 Å². The van der Waals surface area contributed by atoms with Gasteiger partial charge in [0.05, 0.1) is 0 Å². The van der Waals surface area contributed by atoms with Gasteiger partial charge in [0, 0.05) is 11.5 Å². The monoisotopic (exact) mass is 242 g/mol. The predicted molar refractivity (Wildman–Crippen MR) is 52.2 cm³/mol. The molecule has 2 unspecified atom stereocenters. The highest BCUT2D eigenvalue weighted by Crippen LogP contribution is 2.14. The second-order valence-electron chi connectivity index (χ2n) is 2.12. The summed E-state index contributed by atoms with van der Waals surface area (Å²) in [7, 11) is 0. The topological polar surface area (TPSA) is 115 Å². The van der Waals surface area contributed by atoms with Crippen LogP contribution in [0.5, 0.6) is 0 Å². The largest absolute Gasteiger partial charge is 0.479 e. The van der Waals surface area contributed by atoms with E-state index in [2.05, 4.69) is 0 Å². The molecule has 0 saturated carbocycles. The van der Waals surface area contributed by atoms with Crippen molar-refractivity contribution in [1.29, 1.82) is 0 Å². The highest BCUT2D eigenvalue weighted by molar-refractivity contribution is 8.04. The molecule has 0 aromatic heterocycles. The van der Waals surface area contributed by atoms with Gasteiger partial charge in [-0.3, -0.25) is 0 Å². The van der Waals surface area contributed by atoms with Gasteiger partial charge in [0.2, 0.25) is 0 Å². The first kappa shape index (κ1) is 13.6. The van der Waals surface area contributed by atoms with Crippen LogP contribution in [0, 0.1) is 0 Å². The molecule has 6 nitrogen and oxygen atoms in total. The highest BCUT2D eigenvalue weighted by atomic mass is 32.2. The number of thioether (sulfide) groups is 2. The van der Waals surface area contributed by atoms with Crippen LogP contribution in [0.2, 0.25) is 0 Å². The van der Waals surface area contributed by atoms with Gasteiger partial charge < -0.3 is 20.4 Å². The van der Waals surface area contributed by atoms with Gasteiger partial charge in [-0.05, 0) is 0 Å². The molecular weight excluding hydrogens is 232 g/mol. The van der Waals surface area contributed by atoms with E-state index < -0.39 is 22.8 Å². The molecule has 4 N–H and O–H groups in total. The van der Waals surface area contributed by atoms with E-state index in [1.165, 1.54) is 0 Å². The molecule has 14 heavy (non-hydrogen) atoms. The predicted octanol–water partition coefficient (Wildman–Crippen LogP) is -0.741. The lowest BCUT2D eigenvalue weighted by atomic mass is 10.7. The van der Waals surface area contributed by atoms with Crippen molar-refractivity contribution in [2.24, 2.45) is 0 Å². The van der Waals surface area contributed by atoms with Crippen LogP contribution < -0.4 is 0 Å². The molecule has 0 rings (SSSR count). The Morgan fingerprint density at radius 2 is 1.21 bits per heavy atom. The smallest absolute Gasteiger partial charge is 0.343 e. The summed E-state index contributed by atoms with van der Waals surface area (Å²) in [5.74, 6) is -2.16. The van der Waals surface area contributed by atoms with Crippen molar-refractivity contribution in [1.82, 2.24) is 0 Å². The van der Waals surface area contributed by atoms with Crippen molar-refractivity contribution in [3.63, 3.8) is 0 Å². The first-order valence-corrected chi connectivity index (χ1v) is 5.60. The summed E-state index contributed by atoms with van der Waals surface area (Å²) in [4.78, 5) is 20.2. The van der Waals surface area contributed by atoms with Crippen molar-refractivity contribution in [3.8, 4) is 0 Å². The fourth-order valence-corrected chi connectivity index (χ4v) is 1.96. The van der Waals surface area contributed by atoms with E-state index in [9.17, 15) is 9.59 Å². The number of aliphatic carboxylic acids is 2. The zero-order chi connectivity index (χ0) is 11.1. The van der Waals surface area contributed by atoms with Crippen molar-refractivity contribution in [2.45, 2.75) is 10.9 Å². The SMILES string of the molecule is O=C(O)C(O)SCCSC(O)C(=O)O. The third-order valence-corrected chi connectivity index (χ3v) is 3.23. The Morgan fingerprint density at radius 3 is 1.43 bits per heavy atom. The molecule has 2 atom stereocenters. The van der Waals surface area contributed by atoms with E-state index in [4.69, 9.17) is 20.4 Å². The molecule has 82 valence electrons. The van der Waals surface area contributed by atoms with Gasteiger partial charge in [0.25, 0.3) is 0 Å². The lowest BCUT2D eigenvalue weighted by molar-refractivity contribution is -0.142. The van der Waals surface area contributed by atoms with Crippen LogP contribution in [0.25, 0.3) is 0 Å². The quantitative estimate of drug-likeness (QED) is 0.341. The Balaban J connectivity index is 3.47. The van der Waals surface area contributed by atoms with Gasteiger partial charge in [-0.15, -0.1) is 23.5 Å². The van der Waals surface area contributed by atoms with Crippen molar-refractivity contribution >= 4 is 35.5 Å². The summed E-state index contributed by atoms with van der Waals surface area (Å²) < 4.78 is 0. The molecule has 0 amide bonds. The minimum Gasteiger partial charge on any atom is -0.479 e. The van der Waals surface area contributed by atoms with Crippen LogP contribution in [0.4, 0.5) is 0 Å². The number of rotatable bonds is 7. The summed E-state index contributed by atoms with van der Waals surface area (Å²) >= 11 is 1.54. The number of carbonyl (C=O) groups is 2. The Kier molecular flexibility index (Phi) is 6.71. The van der Waals surface area contributed by atoms with Gasteiger partial charge >= 0.3 is 11.9 Å². The van der Waals surface area contributed by atoms with E-state index in [-0.39, 0.29) is 11.5 Å². The van der Waals surface area contributed by atoms with Crippen LogP contribution in [-0.2, 0) is 9.59 Å². The molecule has 8 heteroatoms. The van der Waals surface area contributed by atoms with Gasteiger partial charge in [-0.2, -0.15) is 0 Å². The number of aliphatic hydroxyl groups is 2. The summed E-state index contributed by atoms with van der Waals surface area (Å²) in [5.41, 5.74) is -3.00. The Morgan fingerprint density at radius 1 is 0.929 bits per heavy atom. The molecule has 0 bridgehead atoms. The Labute approximate surface area is 88.3 Å². The Bertz CT molecular complexity index is 186. The molecule has 0 aliphatic carbocycles. The van der Waals surface area contributed by atoms with Crippen LogP contribution in [-0.4, -0.2) is 54.7 Å². The molecule has 0 spiro atoms. The average Bonchev–Trinajstić information content (AvgIpc) is 2.11. The molecule has 0 heterocycles. The minimum absolute atomic E-state index is 0.252. The minimum atomic E-state index is -1.50. The second kappa shape index (κ2) is 6.93. The lowest BCUT2D eigenvalue weighted by Crippen LogP contribution is -2.18. The maximum atomic E-state index is 10.1. The van der Waals surface area contributed by atoms with Gasteiger partial charge in [-0.25, -0.2) is 9.59 Å². The number of carboxylic acids is 2. The molecule has 0 aliphatic heterocycles. The highest BCUT2D eigenvalue weighted by Gasteiger charge is 2.15. The average molecular weight is 242 g/mol. The summed E-state index contributed by atoms with van der Waals surface area (Å²) in [5, 5.41) is 34.1. The molecule has 0 radical (unpaired) electrons. The number of hydrogen-bond acceptors (Lipinski definition) is 6. The third-order valence-electron chi connectivity index (χ3n) is 1.06. The number of aliphatic hydroxyl groups excluding tert-OH is 2. The summed E-state index contributed by atoms with van der Waals surface area (Å²) in [6, 6.07) is 0. The van der Waals surface area contributed by atoms with E-state index in [1.807, 2.05) is 0 Å². The fourth-order valence-electron chi connectivity index (χ4n) is 0.462. The van der Waals surface area contributed by atoms with Gasteiger partial charge in [-0.1, -0.05) is 0 Å². The first-order valence-electron chi connectivity index (χ1n) is 3.50. The normalized spacial score (nSPS) is 14.7. The molecule has 0 aromatic carbocycles. The van der Waals surface area contributed by atoms with Gasteiger partial charge in [0.1, 0.15) is 0 Å². The molecule has 0 fully saturated rings. The number of hydrogen-bond donors (Lipinski definition) is 4. The van der Waals surface area contributed by atoms with Crippen LogP contribution >= 0.6 is 23.5 Å². The van der Waals surface area contributed by atoms with Crippen molar-refractivity contribution in [2.75, 3.05) is 11.5 Å². The van der Waals surface area contributed by atoms with E-state index in [0.29, 0.717) is 0 Å². The molecule has 0 saturated heterocycles. The third kappa shape index (κ3) is 6.08. The van der Waals surface area contributed by atoms with Crippen molar-refractivity contribution < 1.29 is 30.0 Å². The first-order chi connectivity index (χ1) is 6.45. The fraction of sp³-hybridized carbons (Fsp3) is 0.667. The van der Waals surface area contributed by atoms with Crippen LogP contribution in [0.1, 0.15) is 0 Å². The van der Waals surface area contributed by atoms with Gasteiger partial charge in [0.15, 0.2) is 10.9 Å². The van der Waals surface area contributed by atoms with E-state index in [0.717, 1.165) is 23.5 Å². The zero-order valence-corrected chi connectivity index (χ0v) is 8.62. The van der Waals surface area contributed by atoms with E-state index >= 15 is 0 Å². The van der Waals surface area contributed by atoms with Crippen LogP contribution in [0.15, 0.2) is 0 Å². The summed E-state index contributed by atoms with van der Waals surface area (Å²) in [6.45, 7) is 0. The molecular formula is C6H10O6S2. The molecule has 0 aliphatic rings. The number of carboxylic acid groups (broad SMARTS) is 2. The maximum Gasteiger partial charge on any atom is 0.343 e. The van der Waals surface area contributed by atoms with E-state index in [1.54, 1.807) is 0 Å². The van der Waals surface area contributed by atoms with Crippen molar-refractivity contribution in [3.05, 3.63) is 0 Å². The lowest BCUT2D eigenvalue weighted by Gasteiger charge is -2.06. The Hall–Kier alpha value is -0.440. The zero-order valence-electron chi connectivity index (χ0n) is 6.99. The summed E-state index contributed by atoms with van der Waals surface area (Å²) in [6.07, 6.45) is 0. The maximum absolute atomic E-state index is 10.1. The standard InChI is InChI=1S/C6H10O6S2/c7-3(8)5(11)13-1-2-14-6(12)4(9)10/h5-6,11-12H,1-2H2,(H,7,8)(H,9,10). The molecule has 0 aromatic rings. The second-order valence-corrected chi connectivity index (χ2v) is 4.50.